The van der Waals surface area contributed by atoms with Crippen LogP contribution < -0.4 is 15.4 Å². The number of hydrogen-bond donors (Lipinski definition) is 2. The maximum Gasteiger partial charge on any atom is 0.323 e. The van der Waals surface area contributed by atoms with E-state index in [0.29, 0.717) is 29.5 Å². The van der Waals surface area contributed by atoms with E-state index in [-0.39, 0.29) is 24.8 Å². The fraction of sp³-hybridized carbons (Fsp3) is 0.485. The number of hydrogen-bond acceptors (Lipinski definition) is 7. The number of piperidine rings is 2. The zero-order valence-corrected chi connectivity index (χ0v) is 24.4. The van der Waals surface area contributed by atoms with Gasteiger partial charge in [0.15, 0.2) is 0 Å². The highest BCUT2D eigenvalue weighted by atomic mass is 16.6. The van der Waals surface area contributed by atoms with Gasteiger partial charge in [-0.25, -0.2) is 4.79 Å². The summed E-state index contributed by atoms with van der Waals surface area (Å²) < 4.78 is 11.4. The van der Waals surface area contributed by atoms with E-state index in [0.717, 1.165) is 24.2 Å². The van der Waals surface area contributed by atoms with Gasteiger partial charge in [0, 0.05) is 36.8 Å². The van der Waals surface area contributed by atoms with Crippen LogP contribution in [0.2, 0.25) is 0 Å². The van der Waals surface area contributed by atoms with E-state index in [2.05, 4.69) is 32.3 Å². The highest BCUT2D eigenvalue weighted by Gasteiger charge is 2.49. The van der Waals surface area contributed by atoms with Gasteiger partial charge in [-0.1, -0.05) is 36.5 Å². The third-order valence-electron chi connectivity index (χ3n) is 9.46. The van der Waals surface area contributed by atoms with E-state index < -0.39 is 17.5 Å². The Morgan fingerprint density at radius 3 is 2.44 bits per heavy atom. The number of methoxy groups -OCH3 is 1. The summed E-state index contributed by atoms with van der Waals surface area (Å²) in [6.07, 6.45) is 6.63. The van der Waals surface area contributed by atoms with Gasteiger partial charge in [0.25, 0.3) is 11.8 Å². The number of epoxide rings is 1. The maximum absolute atomic E-state index is 13.2. The van der Waals surface area contributed by atoms with Crippen LogP contribution in [0.1, 0.15) is 65.3 Å². The molecule has 2 N–H and O–H groups in total. The Morgan fingerprint density at radius 2 is 1.74 bits per heavy atom. The van der Waals surface area contributed by atoms with Gasteiger partial charge >= 0.3 is 6.03 Å². The maximum atomic E-state index is 13.2. The van der Waals surface area contributed by atoms with Gasteiger partial charge in [-0.2, -0.15) is 0 Å². The van der Waals surface area contributed by atoms with E-state index in [9.17, 15) is 14.4 Å². The summed E-state index contributed by atoms with van der Waals surface area (Å²) in [5, 5.41) is 4.96. The largest absolute Gasteiger partial charge is 0.497 e. The first-order valence-corrected chi connectivity index (χ1v) is 15.3. The smallest absolute Gasteiger partial charge is 0.323 e. The van der Waals surface area contributed by atoms with Gasteiger partial charge in [0.2, 0.25) is 5.54 Å². The number of likely N-dealkylation sites (tertiary alicyclic amines) is 2. The monoisotopic (exact) mass is 583 g/mol. The van der Waals surface area contributed by atoms with Crippen molar-refractivity contribution in [2.24, 2.45) is 0 Å². The molecule has 5 aliphatic rings. The van der Waals surface area contributed by atoms with Crippen LogP contribution in [-0.2, 0) is 16.1 Å². The number of nitrogens with one attached hydrogen (secondary N) is 2. The SMILES string of the molecule is COc1ccc2c(c1)C(=O)N(CC1(C#Cc3ccc(C4OC4N4CCC(N5CCCCC5)CC4)cc3)NC(=O)NC1=O)C2. The van der Waals surface area contributed by atoms with Crippen molar-refractivity contribution in [2.75, 3.05) is 39.8 Å². The lowest BCUT2D eigenvalue weighted by atomic mass is 9.98. The molecular formula is C33H37N5O5. The first kappa shape index (κ1) is 27.9. The normalized spacial score (nSPS) is 27.7. The fourth-order valence-corrected chi connectivity index (χ4v) is 6.96. The lowest BCUT2D eigenvalue weighted by molar-refractivity contribution is -0.122. The third-order valence-corrected chi connectivity index (χ3v) is 9.46. The molecule has 4 fully saturated rings. The lowest BCUT2D eigenvalue weighted by Gasteiger charge is -2.39. The van der Waals surface area contributed by atoms with Crippen molar-refractivity contribution >= 4 is 17.8 Å². The molecule has 7 rings (SSSR count). The minimum Gasteiger partial charge on any atom is -0.497 e. The number of ether oxygens (including phenoxy) is 2. The molecule has 0 bridgehead atoms. The van der Waals surface area contributed by atoms with Crippen LogP contribution >= 0.6 is 0 Å². The molecule has 0 spiro atoms. The standard InChI is InChI=1S/C33H37N5O5/c1-42-26-10-9-24-20-38(29(39)27(24)19-26)21-33(31(40)34-32(41)35-33)14-11-22-5-7-23(8-6-22)28-30(43-28)37-17-12-25(13-18-37)36-15-3-2-4-16-36/h5-10,19,25,28,30H,2-4,12-13,15-18,20-21H2,1H3,(H2,34,35,40,41). The Kier molecular flexibility index (Phi) is 7.33. The molecule has 0 aliphatic carbocycles. The number of carbonyl (C=O) groups excluding carboxylic acids is 3. The van der Waals surface area contributed by atoms with E-state index in [1.54, 1.807) is 19.2 Å². The molecule has 43 heavy (non-hydrogen) atoms. The zero-order valence-electron chi connectivity index (χ0n) is 24.4. The predicted molar refractivity (Wildman–Crippen MR) is 158 cm³/mol. The number of nitrogens with zero attached hydrogens (tertiary/aromatic N) is 3. The molecule has 4 saturated heterocycles. The van der Waals surface area contributed by atoms with Gasteiger partial charge in [-0.3, -0.25) is 19.8 Å². The molecular weight excluding hydrogens is 546 g/mol. The molecule has 224 valence electrons. The summed E-state index contributed by atoms with van der Waals surface area (Å²) in [5.74, 6) is 5.83. The third kappa shape index (κ3) is 5.49. The van der Waals surface area contributed by atoms with Crippen LogP contribution in [-0.4, -0.2) is 90.2 Å². The van der Waals surface area contributed by atoms with Crippen LogP contribution in [0.15, 0.2) is 42.5 Å². The number of amides is 4. The summed E-state index contributed by atoms with van der Waals surface area (Å²) in [6.45, 7) is 4.89. The van der Waals surface area contributed by atoms with Crippen LogP contribution in [0.4, 0.5) is 4.79 Å². The first-order valence-electron chi connectivity index (χ1n) is 15.3. The Balaban J connectivity index is 0.996. The molecule has 2 aromatic rings. The molecule has 3 unspecified atom stereocenters. The van der Waals surface area contributed by atoms with Crippen LogP contribution in [0.25, 0.3) is 0 Å². The zero-order chi connectivity index (χ0) is 29.6. The molecule has 3 atom stereocenters. The second-order valence-corrected chi connectivity index (χ2v) is 12.2. The minimum atomic E-state index is -1.55. The summed E-state index contributed by atoms with van der Waals surface area (Å²) in [5.41, 5.74) is 1.61. The van der Waals surface area contributed by atoms with Crippen molar-refractivity contribution in [1.82, 2.24) is 25.3 Å². The Hall–Kier alpha value is -3.91. The molecule has 5 aliphatic heterocycles. The topological polar surface area (TPSA) is 107 Å². The number of rotatable bonds is 6. The highest BCUT2D eigenvalue weighted by Crippen LogP contribution is 2.42. The molecule has 4 amide bonds. The minimum absolute atomic E-state index is 0.0567. The number of carbonyl (C=O) groups is 3. The summed E-state index contributed by atoms with van der Waals surface area (Å²) in [7, 11) is 1.55. The Labute approximate surface area is 251 Å². The van der Waals surface area contributed by atoms with E-state index in [4.69, 9.17) is 9.47 Å². The Bertz CT molecular complexity index is 1490. The van der Waals surface area contributed by atoms with Crippen molar-refractivity contribution in [1.29, 1.82) is 0 Å². The average Bonchev–Trinajstić information content (AvgIpc) is 3.71. The van der Waals surface area contributed by atoms with Crippen molar-refractivity contribution < 1.29 is 23.9 Å². The summed E-state index contributed by atoms with van der Waals surface area (Å²) in [4.78, 5) is 45.0. The van der Waals surface area contributed by atoms with Crippen molar-refractivity contribution in [3.63, 3.8) is 0 Å². The number of benzene rings is 2. The fourth-order valence-electron chi connectivity index (χ4n) is 6.96. The van der Waals surface area contributed by atoms with E-state index in [1.807, 2.05) is 30.3 Å². The van der Waals surface area contributed by atoms with E-state index >= 15 is 0 Å². The van der Waals surface area contributed by atoms with Gasteiger partial charge in [0.05, 0.1) is 13.7 Å². The highest BCUT2D eigenvalue weighted by molar-refractivity contribution is 6.10. The van der Waals surface area contributed by atoms with Crippen molar-refractivity contribution in [3.05, 3.63) is 64.7 Å². The molecule has 10 heteroatoms. The van der Waals surface area contributed by atoms with Crippen LogP contribution in [0, 0.1) is 11.8 Å². The molecule has 10 nitrogen and oxygen atoms in total. The summed E-state index contributed by atoms with van der Waals surface area (Å²) in [6, 6.07) is 13.3. The van der Waals surface area contributed by atoms with Gasteiger partial charge in [0.1, 0.15) is 18.1 Å². The Morgan fingerprint density at radius 1 is 0.977 bits per heavy atom. The number of fused-ring (bicyclic) bond motifs is 1. The van der Waals surface area contributed by atoms with E-state index in [1.165, 1.54) is 50.1 Å². The quantitative estimate of drug-likeness (QED) is 0.306. The van der Waals surface area contributed by atoms with Gasteiger partial charge in [-0.15, -0.1) is 0 Å². The van der Waals surface area contributed by atoms with Crippen molar-refractivity contribution in [2.45, 2.75) is 62.6 Å². The predicted octanol–water partition coefficient (Wildman–Crippen LogP) is 2.63. The second-order valence-electron chi connectivity index (χ2n) is 12.2. The molecule has 0 aromatic heterocycles. The van der Waals surface area contributed by atoms with Gasteiger partial charge in [-0.05, 0) is 74.2 Å². The van der Waals surface area contributed by atoms with Gasteiger partial charge < -0.3 is 24.6 Å². The average molecular weight is 584 g/mol. The second kappa shape index (κ2) is 11.3. The van der Waals surface area contributed by atoms with Crippen LogP contribution in [0.5, 0.6) is 5.75 Å². The molecule has 0 radical (unpaired) electrons. The number of imide groups is 1. The molecule has 5 heterocycles. The lowest BCUT2D eigenvalue weighted by Crippen LogP contribution is -2.54. The van der Waals surface area contributed by atoms with Crippen LogP contribution in [0.3, 0.4) is 0 Å². The number of urea groups is 1. The molecule has 2 aromatic carbocycles. The first-order chi connectivity index (χ1) is 20.9. The van der Waals surface area contributed by atoms with Crippen molar-refractivity contribution in [3.8, 4) is 17.6 Å². The molecule has 0 saturated carbocycles. The summed E-state index contributed by atoms with van der Waals surface area (Å²) >= 11 is 0.